The molecule has 1 saturated heterocycles. The van der Waals surface area contributed by atoms with Crippen LogP contribution in [0, 0.1) is 5.89 Å². The molecule has 0 radical (unpaired) electrons. The molecule has 0 amide bonds. The van der Waals surface area contributed by atoms with Gasteiger partial charge in [0, 0.05) is 25.7 Å². The van der Waals surface area contributed by atoms with Crippen molar-refractivity contribution in [2.24, 2.45) is 11.0 Å². The Hall–Kier alpha value is -2.34. The zero-order valence-corrected chi connectivity index (χ0v) is 19.3. The number of halogens is 3. The zero-order valence-electron chi connectivity index (χ0n) is 35.3. The van der Waals surface area contributed by atoms with Gasteiger partial charge in [0.15, 0.2) is 0 Å². The second-order valence-electron chi connectivity index (χ2n) is 8.21. The molecule has 0 bridgehead atoms. The van der Waals surface area contributed by atoms with Gasteiger partial charge in [-0.3, -0.25) is 4.90 Å². The van der Waals surface area contributed by atoms with E-state index in [0.29, 0.717) is 37.7 Å². The van der Waals surface area contributed by atoms with Crippen LogP contribution < -0.4 is 0 Å². The SMILES string of the molecule is [2H]C([2H])([2H])/C(=N\OC([2H])([2H])c1ccc(C2C([2H])([2H])C([2H])([2H])C([2H])(C)C([2H])([2H])C2([2H])[2H])c(C(F)(F)F)c1)c1ccc(C([2H])([2H])N2CCC2)c(CC)c1. The fraction of sp³-hybridized carbons (Fsp3) is 0.552. The van der Waals surface area contributed by atoms with Crippen LogP contribution in [0.2, 0.25) is 0 Å². The number of nitrogens with zero attached hydrogens (tertiary/aromatic N) is 2. The minimum atomic E-state index is -5.46. The van der Waals surface area contributed by atoms with Gasteiger partial charge < -0.3 is 4.84 Å². The van der Waals surface area contributed by atoms with Crippen molar-refractivity contribution < 1.29 is 39.9 Å². The molecule has 0 spiro atoms. The first kappa shape index (κ1) is 12.3. The number of likely N-dealkylation sites (tertiary alicyclic amines) is 1. The summed E-state index contributed by atoms with van der Waals surface area (Å²) in [6.45, 7) is -4.83. The number of hydrogen-bond acceptors (Lipinski definition) is 3. The van der Waals surface area contributed by atoms with Crippen LogP contribution in [0.5, 0.6) is 0 Å². The van der Waals surface area contributed by atoms with Crippen LogP contribution in [-0.2, 0) is 30.5 Å². The van der Waals surface area contributed by atoms with Gasteiger partial charge in [-0.15, -0.1) is 0 Å². The predicted molar refractivity (Wildman–Crippen MR) is 135 cm³/mol. The molecule has 3 nitrogen and oxygen atoms in total. The largest absolute Gasteiger partial charge is 0.416 e. The lowest BCUT2D eigenvalue weighted by atomic mass is 9.78. The van der Waals surface area contributed by atoms with Crippen molar-refractivity contribution >= 4 is 5.71 Å². The van der Waals surface area contributed by atoms with E-state index in [-0.39, 0.29) is 23.6 Å². The molecule has 1 saturated carbocycles. The molecule has 0 unspecified atom stereocenters. The van der Waals surface area contributed by atoms with Crippen LogP contribution in [0.3, 0.4) is 0 Å². The smallest absolute Gasteiger partial charge is 0.391 e. The maximum atomic E-state index is 14.6. The Morgan fingerprint density at radius 1 is 1.17 bits per heavy atom. The van der Waals surface area contributed by atoms with Gasteiger partial charge in [0.1, 0.15) is 6.56 Å². The number of aryl methyl sites for hydroxylation is 1. The van der Waals surface area contributed by atoms with Crippen LogP contribution in [-0.4, -0.2) is 23.7 Å². The minimum absolute atomic E-state index is 0.0937. The molecule has 1 aliphatic heterocycles. The summed E-state index contributed by atoms with van der Waals surface area (Å²) in [5.41, 5.74) is -4.18. The van der Waals surface area contributed by atoms with Crippen molar-refractivity contribution in [3.05, 3.63) is 69.8 Å². The molecule has 2 aliphatic rings. The standard InChI is InChI=1S/C29H37F3N2O/c1-4-23-17-25(11-12-26(23)18-34-14-5-15-34)21(3)33-35-19-22-8-13-27(28(16-22)29(30,31)32)24-9-6-20(2)7-10-24/h8,11-13,16-17,20,24H,4-7,9-10,14-15,18-19H2,1-3H3/b33-21+/i3D3,6D2,7D2,9D2,10D2,18D2,19D2,20D. The Kier molecular flexibility index (Phi) is 3.91. The van der Waals surface area contributed by atoms with Crippen LogP contribution in [0.25, 0.3) is 0 Å². The van der Waals surface area contributed by atoms with Crippen molar-refractivity contribution in [1.82, 2.24) is 4.90 Å². The number of benzene rings is 2. The fourth-order valence-electron chi connectivity index (χ4n) is 3.62. The fourth-order valence-corrected chi connectivity index (χ4v) is 3.62. The van der Waals surface area contributed by atoms with Crippen molar-refractivity contribution in [2.45, 2.75) is 84.2 Å². The average Bonchev–Trinajstić information content (AvgIpc) is 2.93. The Morgan fingerprint density at radius 3 is 2.57 bits per heavy atom. The first-order valence-corrected chi connectivity index (χ1v) is 11.2. The van der Waals surface area contributed by atoms with Crippen LogP contribution in [0.15, 0.2) is 41.6 Å². The van der Waals surface area contributed by atoms with E-state index >= 15 is 0 Å². The van der Waals surface area contributed by atoms with Gasteiger partial charge in [0.25, 0.3) is 0 Å². The molecule has 1 aliphatic carbocycles. The molecule has 2 fully saturated rings. The molecule has 0 aromatic heterocycles. The van der Waals surface area contributed by atoms with E-state index < -0.39 is 85.8 Å². The van der Waals surface area contributed by atoms with Crippen molar-refractivity contribution in [3.8, 4) is 0 Å². The lowest BCUT2D eigenvalue weighted by molar-refractivity contribution is -0.138. The summed E-state index contributed by atoms with van der Waals surface area (Å²) < 4.78 is 177. The van der Waals surface area contributed by atoms with Crippen molar-refractivity contribution in [3.63, 3.8) is 0 Å². The van der Waals surface area contributed by atoms with E-state index in [0.717, 1.165) is 6.42 Å². The molecule has 0 atom stereocenters. The summed E-state index contributed by atoms with van der Waals surface area (Å²) in [4.78, 5) is 6.55. The van der Waals surface area contributed by atoms with E-state index in [1.807, 2.05) is 0 Å². The molecule has 2 aromatic rings. The predicted octanol–water partition coefficient (Wildman–Crippen LogP) is 7.71. The van der Waals surface area contributed by atoms with E-state index in [1.165, 1.54) is 18.2 Å². The zero-order chi connectivity index (χ0) is 39.2. The Morgan fingerprint density at radius 2 is 1.94 bits per heavy atom. The Bertz CT molecular complexity index is 1650. The van der Waals surface area contributed by atoms with E-state index in [9.17, 15) is 13.2 Å². The van der Waals surface area contributed by atoms with Gasteiger partial charge in [-0.25, -0.2) is 0 Å². The van der Waals surface area contributed by atoms with Gasteiger partial charge in [-0.2, -0.15) is 13.2 Å². The maximum absolute atomic E-state index is 14.6. The van der Waals surface area contributed by atoms with E-state index in [1.54, 1.807) is 11.8 Å². The highest BCUT2D eigenvalue weighted by Gasteiger charge is 2.36. The highest BCUT2D eigenvalue weighted by Crippen LogP contribution is 2.42. The quantitative estimate of drug-likeness (QED) is 0.273. The molecule has 190 valence electrons. The summed E-state index contributed by atoms with van der Waals surface area (Å²) in [5, 5.41) is 3.50. The second kappa shape index (κ2) is 11.2. The molecule has 0 N–H and O–H groups in total. The molecule has 1 heterocycles. The van der Waals surface area contributed by atoms with Crippen molar-refractivity contribution in [1.29, 1.82) is 0 Å². The Labute approximate surface area is 229 Å². The van der Waals surface area contributed by atoms with Gasteiger partial charge in [-0.05, 0) is 97.3 Å². The average molecular weight is 503 g/mol. The minimum Gasteiger partial charge on any atom is -0.391 e. The molecular formula is C29H37F3N2O. The maximum Gasteiger partial charge on any atom is 0.416 e. The first-order valence-electron chi connectivity index (χ1n) is 19.2. The topological polar surface area (TPSA) is 24.8 Å². The number of rotatable bonds is 8. The lowest BCUT2D eigenvalue weighted by Gasteiger charge is -2.31. The van der Waals surface area contributed by atoms with Gasteiger partial charge in [0.05, 0.1) is 14.0 Å². The van der Waals surface area contributed by atoms with E-state index in [4.69, 9.17) is 26.8 Å². The van der Waals surface area contributed by atoms with Crippen molar-refractivity contribution in [2.75, 3.05) is 13.1 Å². The second-order valence-corrected chi connectivity index (χ2v) is 8.21. The Balaban J connectivity index is 1.81. The van der Waals surface area contributed by atoms with Gasteiger partial charge >= 0.3 is 6.18 Å². The highest BCUT2D eigenvalue weighted by molar-refractivity contribution is 5.98. The van der Waals surface area contributed by atoms with Gasteiger partial charge in [0.2, 0.25) is 0 Å². The van der Waals surface area contributed by atoms with Crippen LogP contribution in [0.4, 0.5) is 13.2 Å². The molecular weight excluding hydrogens is 449 g/mol. The summed E-state index contributed by atoms with van der Waals surface area (Å²) in [7, 11) is 0. The summed E-state index contributed by atoms with van der Waals surface area (Å²) in [5.74, 6) is -5.89. The van der Waals surface area contributed by atoms with Crippen LogP contribution in [0.1, 0.15) is 114 Å². The summed E-state index contributed by atoms with van der Waals surface area (Å²) >= 11 is 0. The lowest BCUT2D eigenvalue weighted by Crippen LogP contribution is -2.36. The third-order valence-electron chi connectivity index (χ3n) is 5.67. The molecule has 6 heteroatoms. The third kappa shape index (κ3) is 6.46. The summed E-state index contributed by atoms with van der Waals surface area (Å²) in [6.07, 6.45) is -18.6. The van der Waals surface area contributed by atoms with E-state index in [2.05, 4.69) is 5.16 Å². The number of alkyl halides is 3. The summed E-state index contributed by atoms with van der Waals surface area (Å²) in [6, 6.07) is 5.28. The first-order chi connectivity index (χ1) is 22.8. The number of oxime groups is 1. The highest BCUT2D eigenvalue weighted by atomic mass is 19.4. The van der Waals surface area contributed by atoms with Crippen LogP contribution >= 0.6 is 0 Å². The van der Waals surface area contributed by atoms with Gasteiger partial charge in [-0.1, -0.05) is 56.0 Å². The molecule has 4 rings (SSSR count). The monoisotopic (exact) mass is 502 g/mol. The normalized spacial score (nSPS) is 37.4. The molecule has 35 heavy (non-hydrogen) atoms. The number of hydrogen-bond donors (Lipinski definition) is 0. The molecule has 2 aromatic carbocycles. The third-order valence-corrected chi connectivity index (χ3v) is 5.67.